The zero-order valence-electron chi connectivity index (χ0n) is 20.7. The molecule has 0 saturated carbocycles. The molecule has 0 bridgehead atoms. The van der Waals surface area contributed by atoms with Gasteiger partial charge in [0, 0.05) is 27.1 Å². The molecule has 0 aliphatic heterocycles. The first-order valence-corrected chi connectivity index (χ1v) is 12.7. The summed E-state index contributed by atoms with van der Waals surface area (Å²) in [6.07, 6.45) is 0. The second-order valence-electron chi connectivity index (χ2n) is 11.9. The summed E-state index contributed by atoms with van der Waals surface area (Å²) in [6, 6.07) is 35.5. The summed E-state index contributed by atoms with van der Waals surface area (Å²) in [5.41, 5.74) is 13.1. The van der Waals surface area contributed by atoms with Crippen molar-refractivity contribution in [2.75, 3.05) is 0 Å². The van der Waals surface area contributed by atoms with Crippen LogP contribution < -0.4 is 0 Å². The van der Waals surface area contributed by atoms with E-state index in [-0.39, 0.29) is 27.1 Å². The average Bonchev–Trinajstić information content (AvgIpc) is 3.34. The second-order valence-corrected chi connectivity index (χ2v) is 11.9. The minimum absolute atomic E-state index is 0.0762. The van der Waals surface area contributed by atoms with Gasteiger partial charge in [-0.2, -0.15) is 0 Å². The molecule has 0 fully saturated rings. The number of fused-ring (bicyclic) bond motifs is 12. The van der Waals surface area contributed by atoms with Gasteiger partial charge in [0.2, 0.25) is 0 Å². The van der Waals surface area contributed by atoms with Gasteiger partial charge < -0.3 is 0 Å². The van der Waals surface area contributed by atoms with E-state index in [4.69, 9.17) is 0 Å². The molecule has 0 heterocycles. The topological polar surface area (TPSA) is 0 Å². The molecule has 4 aliphatic carbocycles. The monoisotopic (exact) mass is 438 g/mol. The molecule has 1 spiro atoms. The highest BCUT2D eigenvalue weighted by molar-refractivity contribution is 5.82. The van der Waals surface area contributed by atoms with Crippen molar-refractivity contribution in [3.05, 3.63) is 141 Å². The van der Waals surface area contributed by atoms with E-state index in [0.29, 0.717) is 0 Å². The Morgan fingerprint density at radius 3 is 1.03 bits per heavy atom. The van der Waals surface area contributed by atoms with E-state index in [1.54, 1.807) is 5.56 Å². The molecular weight excluding hydrogens is 408 g/mol. The van der Waals surface area contributed by atoms with E-state index >= 15 is 0 Å². The Hall–Kier alpha value is -3.12. The molecule has 166 valence electrons. The molecule has 0 nitrogen and oxygen atoms in total. The number of aryl methyl sites for hydroxylation is 1. The first kappa shape index (κ1) is 19.2. The van der Waals surface area contributed by atoms with Crippen LogP contribution in [0.3, 0.4) is 0 Å². The van der Waals surface area contributed by atoms with Crippen molar-refractivity contribution in [1.29, 1.82) is 0 Å². The third kappa shape index (κ3) is 1.39. The Kier molecular flexibility index (Phi) is 2.97. The number of rotatable bonds is 0. The Balaban J connectivity index is 1.72. The quantitative estimate of drug-likeness (QED) is 0.266. The highest BCUT2D eigenvalue weighted by atomic mass is 14.9. The maximum Gasteiger partial charge on any atom is 0.0272 e. The number of hydrogen-bond donors (Lipinski definition) is 0. The van der Waals surface area contributed by atoms with Gasteiger partial charge in [-0.25, -0.2) is 0 Å². The standard InChI is InChI=1S/C34H30/c1-21-18-19-28-29(20-21)33(5)27-17-11-10-16-26(27)31(3)23-13-7-6-12-22(23)30(2)24-14-8-9-15-25(24)32(28,4)34(30,31)33/h6-20H,1-5H3. The summed E-state index contributed by atoms with van der Waals surface area (Å²) >= 11 is 0. The minimum atomic E-state index is -0.110. The Morgan fingerprint density at radius 1 is 0.382 bits per heavy atom. The minimum Gasteiger partial charge on any atom is -0.0619 e. The van der Waals surface area contributed by atoms with Crippen molar-refractivity contribution in [1.82, 2.24) is 0 Å². The normalized spacial score (nSPS) is 37.0. The summed E-state index contributed by atoms with van der Waals surface area (Å²) in [7, 11) is 0. The Labute approximate surface area is 202 Å². The predicted molar refractivity (Wildman–Crippen MR) is 139 cm³/mol. The molecule has 0 saturated heterocycles. The van der Waals surface area contributed by atoms with Crippen molar-refractivity contribution in [2.45, 2.75) is 56.3 Å². The molecular formula is C34H30. The number of hydrogen-bond acceptors (Lipinski definition) is 0. The van der Waals surface area contributed by atoms with E-state index < -0.39 is 0 Å². The lowest BCUT2D eigenvalue weighted by molar-refractivity contribution is 0.0253. The maximum absolute atomic E-state index is 2.59. The molecule has 0 radical (unpaired) electrons. The molecule has 0 aromatic heterocycles. The van der Waals surface area contributed by atoms with Crippen molar-refractivity contribution in [3.8, 4) is 0 Å². The number of benzene rings is 4. The summed E-state index contributed by atoms with van der Waals surface area (Å²) in [5.74, 6) is 0. The Bertz CT molecular complexity index is 1550. The largest absolute Gasteiger partial charge is 0.0619 e. The highest BCUT2D eigenvalue weighted by Crippen LogP contribution is 2.89. The lowest BCUT2D eigenvalue weighted by Crippen LogP contribution is -2.60. The van der Waals surface area contributed by atoms with E-state index in [2.05, 4.69) is 126 Å². The molecule has 4 aromatic rings. The fourth-order valence-corrected chi connectivity index (χ4v) is 10.8. The fourth-order valence-electron chi connectivity index (χ4n) is 10.8. The van der Waals surface area contributed by atoms with Crippen LogP contribution >= 0.6 is 0 Å². The van der Waals surface area contributed by atoms with Gasteiger partial charge in [0.25, 0.3) is 0 Å². The van der Waals surface area contributed by atoms with Gasteiger partial charge in [-0.05, 0) is 51.4 Å². The van der Waals surface area contributed by atoms with E-state index in [1.807, 2.05) is 0 Å². The van der Waals surface area contributed by atoms with Gasteiger partial charge in [-0.15, -0.1) is 0 Å². The van der Waals surface area contributed by atoms with Crippen molar-refractivity contribution < 1.29 is 0 Å². The lowest BCUT2D eigenvalue weighted by Gasteiger charge is -2.57. The SMILES string of the molecule is Cc1ccc2c(c1)C1(C)c3ccccc3C3(C)c4ccccc4C4(C)c5ccccc5C2(C)C431. The van der Waals surface area contributed by atoms with Crippen LogP contribution in [0, 0.1) is 12.3 Å². The Morgan fingerprint density at radius 2 is 0.676 bits per heavy atom. The van der Waals surface area contributed by atoms with Gasteiger partial charge in [0.15, 0.2) is 0 Å². The second kappa shape index (κ2) is 5.25. The van der Waals surface area contributed by atoms with Crippen LogP contribution in [0.4, 0.5) is 0 Å². The van der Waals surface area contributed by atoms with Crippen molar-refractivity contribution >= 4 is 0 Å². The molecule has 34 heavy (non-hydrogen) atoms. The molecule has 0 heteroatoms. The zero-order valence-corrected chi connectivity index (χ0v) is 20.7. The van der Waals surface area contributed by atoms with Crippen LogP contribution in [0.5, 0.6) is 0 Å². The summed E-state index contributed by atoms with van der Waals surface area (Å²) in [4.78, 5) is 0. The highest BCUT2D eigenvalue weighted by Gasteiger charge is 2.88. The van der Waals surface area contributed by atoms with Crippen LogP contribution in [-0.2, 0) is 21.7 Å². The first-order chi connectivity index (χ1) is 16.3. The molecule has 0 N–H and O–H groups in total. The van der Waals surface area contributed by atoms with Crippen LogP contribution in [0.1, 0.15) is 77.8 Å². The molecule has 5 unspecified atom stereocenters. The summed E-state index contributed by atoms with van der Waals surface area (Å²) in [6.45, 7) is 12.6. The van der Waals surface area contributed by atoms with Gasteiger partial charge in [0.1, 0.15) is 0 Å². The maximum atomic E-state index is 2.59. The van der Waals surface area contributed by atoms with Crippen LogP contribution in [0.25, 0.3) is 0 Å². The van der Waals surface area contributed by atoms with Gasteiger partial charge in [0.05, 0.1) is 0 Å². The predicted octanol–water partition coefficient (Wildman–Crippen LogP) is 7.56. The average molecular weight is 439 g/mol. The smallest absolute Gasteiger partial charge is 0.0272 e. The van der Waals surface area contributed by atoms with Crippen molar-refractivity contribution in [2.24, 2.45) is 5.41 Å². The van der Waals surface area contributed by atoms with E-state index in [9.17, 15) is 0 Å². The zero-order chi connectivity index (χ0) is 23.3. The first-order valence-electron chi connectivity index (χ1n) is 12.7. The third-order valence-corrected chi connectivity index (χ3v) is 11.3. The van der Waals surface area contributed by atoms with E-state index in [0.717, 1.165) is 0 Å². The molecule has 5 atom stereocenters. The van der Waals surface area contributed by atoms with Crippen LogP contribution in [0.15, 0.2) is 91.0 Å². The molecule has 8 rings (SSSR count). The van der Waals surface area contributed by atoms with Crippen molar-refractivity contribution in [3.63, 3.8) is 0 Å². The molecule has 0 amide bonds. The summed E-state index contributed by atoms with van der Waals surface area (Å²) in [5, 5.41) is 0. The van der Waals surface area contributed by atoms with Gasteiger partial charge in [-0.3, -0.25) is 0 Å². The van der Waals surface area contributed by atoms with Gasteiger partial charge >= 0.3 is 0 Å². The summed E-state index contributed by atoms with van der Waals surface area (Å²) < 4.78 is 0. The molecule has 4 aliphatic rings. The third-order valence-electron chi connectivity index (χ3n) is 11.3. The lowest BCUT2D eigenvalue weighted by atomic mass is 9.43. The molecule has 4 aromatic carbocycles. The van der Waals surface area contributed by atoms with Crippen LogP contribution in [-0.4, -0.2) is 0 Å². The van der Waals surface area contributed by atoms with Gasteiger partial charge in [-0.1, -0.05) is 124 Å². The fraction of sp³-hybridized carbons (Fsp3) is 0.294. The van der Waals surface area contributed by atoms with Crippen LogP contribution in [0.2, 0.25) is 0 Å². The van der Waals surface area contributed by atoms with E-state index in [1.165, 1.54) is 44.5 Å².